The van der Waals surface area contributed by atoms with Crippen LogP contribution in [0.25, 0.3) is 11.1 Å². The second-order valence-corrected chi connectivity index (χ2v) is 7.73. The maximum atomic E-state index is 13.7. The third kappa shape index (κ3) is 6.46. The molecule has 0 fully saturated rings. The van der Waals surface area contributed by atoms with E-state index < -0.39 is 17.8 Å². The van der Waals surface area contributed by atoms with E-state index in [0.29, 0.717) is 22.5 Å². The van der Waals surface area contributed by atoms with Gasteiger partial charge < -0.3 is 9.30 Å². The number of pyridine rings is 1. The molecule has 37 heavy (non-hydrogen) atoms. The van der Waals surface area contributed by atoms with Gasteiger partial charge in [0.1, 0.15) is 12.2 Å². The molecule has 0 aliphatic carbocycles. The lowest BCUT2D eigenvalue weighted by Gasteiger charge is -2.21. The molecule has 0 radical (unpaired) electrons. The van der Waals surface area contributed by atoms with Crippen molar-refractivity contribution in [1.82, 2.24) is 14.5 Å². The van der Waals surface area contributed by atoms with Crippen LogP contribution in [0, 0.1) is 22.7 Å². The van der Waals surface area contributed by atoms with Gasteiger partial charge in [-0.25, -0.2) is 4.98 Å². The molecule has 4 rings (SSSR count). The smallest absolute Gasteiger partial charge is 0.361 e. The van der Waals surface area contributed by atoms with Crippen molar-refractivity contribution >= 4 is 24.8 Å². The molecule has 2 aromatic carbocycles. The van der Waals surface area contributed by atoms with Crippen molar-refractivity contribution in [3.63, 3.8) is 0 Å². The van der Waals surface area contributed by atoms with Crippen LogP contribution in [0.1, 0.15) is 39.7 Å². The predicted octanol–water partition coefficient (Wildman–Crippen LogP) is 6.39. The van der Waals surface area contributed by atoms with Gasteiger partial charge in [-0.05, 0) is 41.5 Å². The zero-order valence-electron chi connectivity index (χ0n) is 19.3. The summed E-state index contributed by atoms with van der Waals surface area (Å²) in [7, 11) is 1.78. The van der Waals surface area contributed by atoms with Crippen molar-refractivity contribution in [2.75, 3.05) is 0 Å². The summed E-state index contributed by atoms with van der Waals surface area (Å²) in [6, 6.07) is 17.1. The zero-order valence-corrected chi connectivity index (χ0v) is 20.9. The van der Waals surface area contributed by atoms with E-state index in [0.717, 1.165) is 6.07 Å². The van der Waals surface area contributed by atoms with Gasteiger partial charge >= 0.3 is 6.18 Å². The van der Waals surface area contributed by atoms with E-state index in [1.54, 1.807) is 48.4 Å². The molecule has 6 nitrogen and oxygen atoms in total. The Labute approximate surface area is 223 Å². The molecule has 0 aliphatic heterocycles. The van der Waals surface area contributed by atoms with Crippen molar-refractivity contribution < 1.29 is 17.9 Å². The minimum atomic E-state index is -4.58. The van der Waals surface area contributed by atoms with E-state index in [1.807, 2.05) is 12.1 Å². The van der Waals surface area contributed by atoms with Crippen LogP contribution in [0.3, 0.4) is 0 Å². The summed E-state index contributed by atoms with van der Waals surface area (Å²) < 4.78 is 49.1. The van der Waals surface area contributed by atoms with E-state index in [4.69, 9.17) is 10.00 Å². The Bertz CT molecular complexity index is 1440. The second kappa shape index (κ2) is 12.4. The zero-order chi connectivity index (χ0) is 25.0. The van der Waals surface area contributed by atoms with Crippen LogP contribution in [0.5, 0.6) is 0 Å². The molecule has 0 saturated carbocycles. The van der Waals surface area contributed by atoms with Gasteiger partial charge in [-0.15, -0.1) is 24.8 Å². The summed E-state index contributed by atoms with van der Waals surface area (Å²) in [5.41, 5.74) is 1.56. The number of halogens is 5. The molecule has 1 atom stereocenters. The first-order valence-electron chi connectivity index (χ1n) is 10.5. The van der Waals surface area contributed by atoms with Crippen molar-refractivity contribution in [2.24, 2.45) is 7.05 Å². The first kappa shape index (κ1) is 29.3. The number of hydrogen-bond acceptors (Lipinski definition) is 5. The number of ether oxygens (including phenoxy) is 1. The maximum absolute atomic E-state index is 13.7. The highest BCUT2D eigenvalue weighted by Gasteiger charge is 2.34. The van der Waals surface area contributed by atoms with Gasteiger partial charge in [-0.2, -0.15) is 23.7 Å². The highest BCUT2D eigenvalue weighted by Crippen LogP contribution is 2.39. The summed E-state index contributed by atoms with van der Waals surface area (Å²) in [6.45, 7) is 0.0794. The molecule has 0 N–H and O–H groups in total. The Morgan fingerprint density at radius 2 is 1.73 bits per heavy atom. The normalized spacial score (nSPS) is 11.4. The average Bonchev–Trinajstić information content (AvgIpc) is 3.29. The van der Waals surface area contributed by atoms with Crippen molar-refractivity contribution in [3.8, 4) is 23.3 Å². The Morgan fingerprint density at radius 1 is 0.973 bits per heavy atom. The first-order valence-corrected chi connectivity index (χ1v) is 10.5. The van der Waals surface area contributed by atoms with Crippen LogP contribution >= 0.6 is 24.8 Å². The summed E-state index contributed by atoms with van der Waals surface area (Å²) in [5.74, 6) is 0. The van der Waals surface area contributed by atoms with Crippen molar-refractivity contribution in [2.45, 2.75) is 18.9 Å². The van der Waals surface area contributed by atoms with E-state index in [2.05, 4.69) is 9.97 Å². The third-order valence-electron chi connectivity index (χ3n) is 5.46. The van der Waals surface area contributed by atoms with Gasteiger partial charge in [0.2, 0.25) is 0 Å². The van der Waals surface area contributed by atoms with Gasteiger partial charge in [0, 0.05) is 18.8 Å². The quantitative estimate of drug-likeness (QED) is 0.280. The van der Waals surface area contributed by atoms with Crippen LogP contribution in [0.2, 0.25) is 0 Å². The molecule has 0 amide bonds. The SMILES string of the molecule is Cl.Cl.Cn1cncc1C(OCc1ccc(C#N)cn1)c1ccc(C#N)c(-c2ccccc2C(F)(F)F)c1. The Hall–Kier alpha value is -3.89. The Kier molecular flexibility index (Phi) is 9.81. The predicted molar refractivity (Wildman–Crippen MR) is 135 cm³/mol. The van der Waals surface area contributed by atoms with Crippen molar-refractivity contribution in [3.05, 3.63) is 107 Å². The number of imidazole rings is 1. The van der Waals surface area contributed by atoms with Crippen LogP contribution in [-0.4, -0.2) is 14.5 Å². The average molecular weight is 546 g/mol. The number of aromatic nitrogens is 3. The number of aryl methyl sites for hydroxylation is 1. The van der Waals surface area contributed by atoms with Gasteiger partial charge in [0.05, 0.1) is 53.3 Å². The van der Waals surface area contributed by atoms with Crippen LogP contribution < -0.4 is 0 Å². The lowest BCUT2D eigenvalue weighted by atomic mass is 9.92. The topological polar surface area (TPSA) is 87.5 Å². The fourth-order valence-electron chi connectivity index (χ4n) is 3.73. The fourth-order valence-corrected chi connectivity index (χ4v) is 3.73. The molecule has 11 heteroatoms. The Morgan fingerprint density at radius 3 is 2.32 bits per heavy atom. The standard InChI is InChI=1S/C26H18F3N5O.2ClH/c1-34-16-32-14-24(34)25(35-15-20-9-6-17(11-30)13-33-20)18-7-8-19(12-31)22(10-18)21-4-2-3-5-23(21)26(27,28)29;;/h2-10,13-14,16,25H,15H2,1H3;2*1H. The van der Waals surface area contributed by atoms with Crippen molar-refractivity contribution in [1.29, 1.82) is 10.5 Å². The number of rotatable bonds is 6. The molecule has 0 bridgehead atoms. The number of nitriles is 2. The minimum absolute atomic E-state index is 0. The van der Waals surface area contributed by atoms with Gasteiger partial charge in [0.25, 0.3) is 0 Å². The van der Waals surface area contributed by atoms with E-state index in [-0.39, 0.29) is 48.1 Å². The van der Waals surface area contributed by atoms with E-state index >= 15 is 0 Å². The van der Waals surface area contributed by atoms with Gasteiger partial charge in [0.15, 0.2) is 0 Å². The molecule has 0 spiro atoms. The number of alkyl halides is 3. The summed E-state index contributed by atoms with van der Waals surface area (Å²) in [4.78, 5) is 8.35. The summed E-state index contributed by atoms with van der Waals surface area (Å²) >= 11 is 0. The maximum Gasteiger partial charge on any atom is 0.417 e. The lowest BCUT2D eigenvalue weighted by molar-refractivity contribution is -0.137. The van der Waals surface area contributed by atoms with Gasteiger partial charge in [-0.1, -0.05) is 24.3 Å². The number of hydrogen-bond donors (Lipinski definition) is 0. The molecule has 0 saturated heterocycles. The van der Waals surface area contributed by atoms with Crippen LogP contribution in [-0.2, 0) is 24.6 Å². The van der Waals surface area contributed by atoms with Gasteiger partial charge in [-0.3, -0.25) is 4.98 Å². The van der Waals surface area contributed by atoms with E-state index in [1.165, 1.54) is 30.5 Å². The first-order chi connectivity index (χ1) is 16.8. The fraction of sp³-hybridized carbons (Fsp3) is 0.154. The second-order valence-electron chi connectivity index (χ2n) is 7.73. The number of nitrogens with zero attached hydrogens (tertiary/aromatic N) is 5. The monoisotopic (exact) mass is 545 g/mol. The largest absolute Gasteiger partial charge is 0.417 e. The highest BCUT2D eigenvalue weighted by atomic mass is 35.5. The molecular weight excluding hydrogens is 526 g/mol. The molecule has 2 heterocycles. The molecule has 4 aromatic rings. The minimum Gasteiger partial charge on any atom is -0.361 e. The Balaban J connectivity index is 0.00000241. The molecular formula is C26H20Cl2F3N5O. The third-order valence-corrected chi connectivity index (χ3v) is 5.46. The molecule has 0 aliphatic rings. The highest BCUT2D eigenvalue weighted by molar-refractivity contribution is 5.85. The molecule has 1 unspecified atom stereocenters. The van der Waals surface area contributed by atoms with Crippen LogP contribution in [0.15, 0.2) is 73.3 Å². The lowest BCUT2D eigenvalue weighted by Crippen LogP contribution is -2.12. The molecule has 2 aromatic heterocycles. The number of benzene rings is 2. The van der Waals surface area contributed by atoms with E-state index in [9.17, 15) is 18.4 Å². The summed E-state index contributed by atoms with van der Waals surface area (Å²) in [5, 5.41) is 18.6. The molecule has 190 valence electrons. The van der Waals surface area contributed by atoms with Crippen LogP contribution in [0.4, 0.5) is 13.2 Å². The summed E-state index contributed by atoms with van der Waals surface area (Å²) in [6.07, 6.45) is -0.651.